The summed E-state index contributed by atoms with van der Waals surface area (Å²) < 4.78 is 0. The summed E-state index contributed by atoms with van der Waals surface area (Å²) in [6.07, 6.45) is 8.86. The predicted octanol–water partition coefficient (Wildman–Crippen LogP) is 2.04. The Kier molecular flexibility index (Phi) is 0.313. The van der Waals surface area contributed by atoms with Gasteiger partial charge in [-0.15, -0.1) is 0 Å². The second-order valence-electron chi connectivity index (χ2n) is 3.13. The third-order valence-electron chi connectivity index (χ3n) is 2.69. The molecule has 0 nitrogen and oxygen atoms in total. The van der Waals surface area contributed by atoms with Gasteiger partial charge < -0.3 is 0 Å². The van der Waals surface area contributed by atoms with Crippen LogP contribution in [0.3, 0.4) is 0 Å². The van der Waals surface area contributed by atoms with E-state index in [4.69, 9.17) is 0 Å². The fourth-order valence-electron chi connectivity index (χ4n) is 1.94. The van der Waals surface area contributed by atoms with Gasteiger partial charge >= 0.3 is 0 Å². The Hall–Kier alpha value is -0.520. The average Bonchev–Trinajstić information content (AvgIpc) is 2.45. The fourth-order valence-corrected chi connectivity index (χ4v) is 1.94. The molecule has 0 heteroatoms. The first-order valence-corrected chi connectivity index (χ1v) is 3.31. The average molecular weight is 104 g/mol. The molecule has 0 N–H and O–H groups in total. The third-order valence-corrected chi connectivity index (χ3v) is 2.69. The van der Waals surface area contributed by atoms with Crippen LogP contribution < -0.4 is 0 Å². The van der Waals surface area contributed by atoms with Crippen molar-refractivity contribution in [3.05, 3.63) is 23.3 Å². The molecule has 0 aromatic rings. The highest BCUT2D eigenvalue weighted by Crippen LogP contribution is 2.75. The van der Waals surface area contributed by atoms with E-state index in [1.165, 1.54) is 19.3 Å². The molecule has 0 radical (unpaired) electrons. The molecule has 0 amide bonds. The Balaban J connectivity index is 2.27. The summed E-state index contributed by atoms with van der Waals surface area (Å²) in [6.45, 7) is 0. The zero-order valence-electron chi connectivity index (χ0n) is 4.78. The molecule has 8 heavy (non-hydrogen) atoms. The van der Waals surface area contributed by atoms with Gasteiger partial charge in [-0.2, -0.15) is 0 Å². The minimum absolute atomic E-state index is 0.734. The van der Waals surface area contributed by atoms with Gasteiger partial charge in [0.05, 0.1) is 0 Å². The number of hydrogen-bond acceptors (Lipinski definition) is 0. The Labute approximate surface area is 48.9 Å². The van der Waals surface area contributed by atoms with E-state index in [2.05, 4.69) is 12.2 Å². The van der Waals surface area contributed by atoms with Crippen LogP contribution in [0.2, 0.25) is 0 Å². The Morgan fingerprint density at radius 3 is 2.25 bits per heavy atom. The van der Waals surface area contributed by atoms with Gasteiger partial charge in [0.2, 0.25) is 0 Å². The number of allylic oxidation sites excluding steroid dienone is 4. The molecule has 3 rings (SSSR count). The van der Waals surface area contributed by atoms with Crippen molar-refractivity contribution in [2.45, 2.75) is 19.3 Å². The monoisotopic (exact) mass is 104 g/mol. The lowest BCUT2D eigenvalue weighted by Gasteiger charge is -1.86. The lowest BCUT2D eigenvalue weighted by molar-refractivity contribution is 0.968. The van der Waals surface area contributed by atoms with Crippen molar-refractivity contribution in [3.63, 3.8) is 0 Å². The summed E-state index contributed by atoms with van der Waals surface area (Å²) in [5.74, 6) is 0. The summed E-state index contributed by atoms with van der Waals surface area (Å²) in [7, 11) is 0. The van der Waals surface area contributed by atoms with Crippen molar-refractivity contribution in [2.75, 3.05) is 0 Å². The minimum atomic E-state index is 0.734. The van der Waals surface area contributed by atoms with Crippen LogP contribution in [0.1, 0.15) is 19.3 Å². The smallest absolute Gasteiger partial charge is 0.0196 e. The number of rotatable bonds is 0. The molecule has 40 valence electrons. The van der Waals surface area contributed by atoms with Crippen LogP contribution in [0.5, 0.6) is 0 Å². The van der Waals surface area contributed by atoms with Crippen molar-refractivity contribution in [2.24, 2.45) is 5.41 Å². The van der Waals surface area contributed by atoms with Gasteiger partial charge in [-0.05, 0) is 19.3 Å². The van der Waals surface area contributed by atoms with Crippen molar-refractivity contribution in [1.29, 1.82) is 0 Å². The fraction of sp³-hybridized carbons (Fsp3) is 0.500. The third kappa shape index (κ3) is 0.199. The van der Waals surface area contributed by atoms with Crippen LogP contribution >= 0.6 is 0 Å². The van der Waals surface area contributed by atoms with Gasteiger partial charge in [0.1, 0.15) is 0 Å². The predicted molar refractivity (Wildman–Crippen MR) is 32.4 cm³/mol. The maximum absolute atomic E-state index is 2.40. The summed E-state index contributed by atoms with van der Waals surface area (Å²) in [6, 6.07) is 0. The van der Waals surface area contributed by atoms with Crippen molar-refractivity contribution < 1.29 is 0 Å². The normalized spacial score (nSPS) is 34.0. The van der Waals surface area contributed by atoms with E-state index < -0.39 is 0 Å². The van der Waals surface area contributed by atoms with E-state index >= 15 is 0 Å². The van der Waals surface area contributed by atoms with Crippen LogP contribution in [0.25, 0.3) is 0 Å². The van der Waals surface area contributed by atoms with Crippen LogP contribution in [0.4, 0.5) is 0 Å². The van der Waals surface area contributed by atoms with E-state index in [1.807, 2.05) is 0 Å². The maximum atomic E-state index is 2.40. The van der Waals surface area contributed by atoms with E-state index in [0.29, 0.717) is 0 Å². The van der Waals surface area contributed by atoms with Crippen molar-refractivity contribution in [1.82, 2.24) is 0 Å². The van der Waals surface area contributed by atoms with Crippen LogP contribution in [0.15, 0.2) is 23.3 Å². The highest BCUT2D eigenvalue weighted by atomic mass is 14.7. The standard InChI is InChI=1S/C8H8/c1-2-6-4-8(6)5-7(8)3-1/h2-3H,1,4-5H2. The second-order valence-corrected chi connectivity index (χ2v) is 3.13. The van der Waals surface area contributed by atoms with Gasteiger partial charge in [0.25, 0.3) is 0 Å². The molecule has 0 atom stereocenters. The molecular weight excluding hydrogens is 96.1 g/mol. The lowest BCUT2D eigenvalue weighted by atomic mass is 10.2. The first kappa shape index (κ1) is 3.49. The quantitative estimate of drug-likeness (QED) is 0.412. The summed E-state index contributed by atoms with van der Waals surface area (Å²) in [5.41, 5.74) is 4.23. The molecule has 0 saturated heterocycles. The van der Waals surface area contributed by atoms with E-state index in [1.54, 1.807) is 11.1 Å². The molecule has 0 heterocycles. The topological polar surface area (TPSA) is 0 Å². The van der Waals surface area contributed by atoms with Gasteiger partial charge in [-0.25, -0.2) is 0 Å². The molecular formula is C8H8. The number of hydrogen-bond donors (Lipinski definition) is 0. The summed E-state index contributed by atoms with van der Waals surface area (Å²) in [4.78, 5) is 0. The first-order valence-electron chi connectivity index (χ1n) is 3.31. The van der Waals surface area contributed by atoms with Crippen LogP contribution in [-0.4, -0.2) is 0 Å². The summed E-state index contributed by atoms with van der Waals surface area (Å²) in [5, 5.41) is 0. The van der Waals surface area contributed by atoms with Gasteiger partial charge in [-0.1, -0.05) is 23.3 Å². The molecule has 2 fully saturated rings. The largest absolute Gasteiger partial charge is 0.0806 e. The van der Waals surface area contributed by atoms with Gasteiger partial charge in [0.15, 0.2) is 0 Å². The summed E-state index contributed by atoms with van der Waals surface area (Å²) >= 11 is 0. The van der Waals surface area contributed by atoms with E-state index in [9.17, 15) is 0 Å². The highest BCUT2D eigenvalue weighted by Gasteiger charge is 2.63. The first-order chi connectivity index (χ1) is 3.92. The lowest BCUT2D eigenvalue weighted by Crippen LogP contribution is -1.70. The minimum Gasteiger partial charge on any atom is -0.0806 e. The zero-order valence-corrected chi connectivity index (χ0v) is 4.78. The van der Waals surface area contributed by atoms with Crippen molar-refractivity contribution in [3.8, 4) is 0 Å². The van der Waals surface area contributed by atoms with E-state index in [0.717, 1.165) is 5.41 Å². The van der Waals surface area contributed by atoms with Crippen molar-refractivity contribution >= 4 is 0 Å². The second kappa shape index (κ2) is 0.717. The molecule has 0 aromatic heterocycles. The maximum Gasteiger partial charge on any atom is 0.0196 e. The molecule has 2 saturated carbocycles. The molecule has 1 spiro atoms. The highest BCUT2D eigenvalue weighted by molar-refractivity contribution is 5.59. The van der Waals surface area contributed by atoms with Crippen LogP contribution in [-0.2, 0) is 0 Å². The molecule has 0 unspecified atom stereocenters. The molecule has 3 aliphatic rings. The van der Waals surface area contributed by atoms with Crippen LogP contribution in [0, 0.1) is 5.41 Å². The molecule has 0 aliphatic heterocycles. The SMILES string of the molecule is C1=C2CC23CC3=CC1. The van der Waals surface area contributed by atoms with E-state index in [-0.39, 0.29) is 0 Å². The molecule has 0 bridgehead atoms. The zero-order chi connectivity index (χ0) is 5.19. The Morgan fingerprint density at radius 2 is 1.75 bits per heavy atom. The van der Waals surface area contributed by atoms with Gasteiger partial charge in [-0.3, -0.25) is 0 Å². The Morgan fingerprint density at radius 1 is 1.12 bits per heavy atom. The molecule has 3 aliphatic carbocycles. The van der Waals surface area contributed by atoms with Gasteiger partial charge in [0, 0.05) is 5.41 Å². The Bertz CT molecular complexity index is 194. The molecule has 0 aromatic carbocycles.